The van der Waals surface area contributed by atoms with E-state index in [-0.39, 0.29) is 0 Å². The van der Waals surface area contributed by atoms with Crippen molar-refractivity contribution >= 4 is 11.6 Å². The van der Waals surface area contributed by atoms with Crippen LogP contribution in [0.25, 0.3) is 0 Å². The minimum Gasteiger partial charge on any atom is -0.378 e. The second-order valence-corrected chi connectivity index (χ2v) is 5.26. The molecule has 0 aliphatic carbocycles. The van der Waals surface area contributed by atoms with Crippen LogP contribution in [0.3, 0.4) is 0 Å². The Kier molecular flexibility index (Phi) is 5.21. The predicted octanol–water partition coefficient (Wildman–Crippen LogP) is 3.21. The fourth-order valence-electron chi connectivity index (χ4n) is 2.46. The van der Waals surface area contributed by atoms with Crippen molar-refractivity contribution in [2.24, 2.45) is 0 Å². The van der Waals surface area contributed by atoms with Crippen molar-refractivity contribution in [3.05, 3.63) is 34.3 Å². The highest BCUT2D eigenvalue weighted by Crippen LogP contribution is 2.22. The van der Waals surface area contributed by atoms with Crippen LogP contribution >= 0.6 is 11.6 Å². The van der Waals surface area contributed by atoms with Gasteiger partial charge in [0.1, 0.15) is 0 Å². The van der Waals surface area contributed by atoms with Crippen molar-refractivity contribution in [1.82, 2.24) is 4.90 Å². The summed E-state index contributed by atoms with van der Waals surface area (Å²) in [6.45, 7) is 5.78. The van der Waals surface area contributed by atoms with Gasteiger partial charge in [-0.15, -0.1) is 0 Å². The van der Waals surface area contributed by atoms with E-state index >= 15 is 0 Å². The second kappa shape index (κ2) is 6.91. The molecule has 0 saturated carbocycles. The lowest BCUT2D eigenvalue weighted by molar-refractivity contribution is 0.0125. The van der Waals surface area contributed by atoms with E-state index in [0.29, 0.717) is 16.7 Å². The van der Waals surface area contributed by atoms with Gasteiger partial charge in [0, 0.05) is 31.3 Å². The minimum absolute atomic E-state index is 0.415. The molecular formula is C15H19ClN2O. The molecule has 102 valence electrons. The first kappa shape index (κ1) is 14.3. The Labute approximate surface area is 119 Å². The van der Waals surface area contributed by atoms with Crippen molar-refractivity contribution in [1.29, 1.82) is 5.26 Å². The van der Waals surface area contributed by atoms with Crippen LogP contribution in [0.2, 0.25) is 5.02 Å². The van der Waals surface area contributed by atoms with Crippen molar-refractivity contribution in [3.63, 3.8) is 0 Å². The molecule has 0 atom stereocenters. The van der Waals surface area contributed by atoms with E-state index < -0.39 is 0 Å². The smallest absolute Gasteiger partial charge is 0.0992 e. The average molecular weight is 279 g/mol. The van der Waals surface area contributed by atoms with Gasteiger partial charge >= 0.3 is 0 Å². The molecule has 1 saturated heterocycles. The van der Waals surface area contributed by atoms with E-state index in [4.69, 9.17) is 21.6 Å². The molecule has 1 heterocycles. The van der Waals surface area contributed by atoms with E-state index in [1.165, 1.54) is 0 Å². The molecule has 0 spiro atoms. The van der Waals surface area contributed by atoms with Crippen LogP contribution in [0.4, 0.5) is 0 Å². The quantitative estimate of drug-likeness (QED) is 0.848. The van der Waals surface area contributed by atoms with Gasteiger partial charge in [0.25, 0.3) is 0 Å². The Bertz CT molecular complexity index is 462. The number of rotatable bonds is 4. The van der Waals surface area contributed by atoms with Gasteiger partial charge in [-0.25, -0.2) is 0 Å². The monoisotopic (exact) mass is 278 g/mol. The van der Waals surface area contributed by atoms with Crippen molar-refractivity contribution in [2.75, 3.05) is 19.7 Å². The number of piperidine rings is 1. The molecule has 2 rings (SSSR count). The molecule has 1 aromatic carbocycles. The maximum absolute atomic E-state index is 8.82. The van der Waals surface area contributed by atoms with Gasteiger partial charge in [-0.2, -0.15) is 5.26 Å². The number of hydrogen-bond donors (Lipinski definition) is 0. The molecule has 0 aromatic heterocycles. The summed E-state index contributed by atoms with van der Waals surface area (Å²) in [6, 6.07) is 7.63. The SMILES string of the molecule is CCOC1CCN(Cc2ccc(C#N)cc2Cl)CC1. The fourth-order valence-corrected chi connectivity index (χ4v) is 2.70. The molecule has 0 amide bonds. The van der Waals surface area contributed by atoms with E-state index in [1.54, 1.807) is 6.07 Å². The van der Waals surface area contributed by atoms with Crippen LogP contribution in [0.1, 0.15) is 30.9 Å². The summed E-state index contributed by atoms with van der Waals surface area (Å²) in [5.74, 6) is 0. The third-order valence-electron chi connectivity index (χ3n) is 3.51. The summed E-state index contributed by atoms with van der Waals surface area (Å²) in [5.41, 5.74) is 1.71. The molecule has 4 heteroatoms. The van der Waals surface area contributed by atoms with Crippen molar-refractivity contribution < 1.29 is 4.74 Å². The second-order valence-electron chi connectivity index (χ2n) is 4.85. The first-order valence-corrected chi connectivity index (χ1v) is 7.13. The third kappa shape index (κ3) is 3.94. The zero-order valence-corrected chi connectivity index (χ0v) is 12.0. The van der Waals surface area contributed by atoms with Gasteiger partial charge in [-0.3, -0.25) is 4.90 Å². The molecule has 3 nitrogen and oxygen atoms in total. The number of halogens is 1. The third-order valence-corrected chi connectivity index (χ3v) is 3.86. The Morgan fingerprint density at radius 2 is 2.16 bits per heavy atom. The van der Waals surface area contributed by atoms with E-state index in [1.807, 2.05) is 19.1 Å². The molecular weight excluding hydrogens is 260 g/mol. The summed E-state index contributed by atoms with van der Waals surface area (Å²) >= 11 is 6.20. The van der Waals surface area contributed by atoms with Crippen LogP contribution in [0, 0.1) is 11.3 Å². The highest BCUT2D eigenvalue weighted by atomic mass is 35.5. The highest BCUT2D eigenvalue weighted by molar-refractivity contribution is 6.31. The highest BCUT2D eigenvalue weighted by Gasteiger charge is 2.19. The zero-order chi connectivity index (χ0) is 13.7. The Balaban J connectivity index is 1.91. The molecule has 1 aliphatic heterocycles. The van der Waals surface area contributed by atoms with Crippen LogP contribution in [0.5, 0.6) is 0 Å². The van der Waals surface area contributed by atoms with Gasteiger partial charge in [-0.1, -0.05) is 17.7 Å². The summed E-state index contributed by atoms with van der Waals surface area (Å²) in [7, 11) is 0. The topological polar surface area (TPSA) is 36.3 Å². The largest absolute Gasteiger partial charge is 0.378 e. The molecule has 1 aliphatic rings. The zero-order valence-electron chi connectivity index (χ0n) is 11.2. The molecule has 1 fully saturated rings. The molecule has 0 bridgehead atoms. The molecule has 19 heavy (non-hydrogen) atoms. The first-order chi connectivity index (χ1) is 9.22. The van der Waals surface area contributed by atoms with E-state index in [0.717, 1.165) is 44.6 Å². The summed E-state index contributed by atoms with van der Waals surface area (Å²) in [4.78, 5) is 2.39. The normalized spacial score (nSPS) is 17.3. The van der Waals surface area contributed by atoms with Gasteiger partial charge in [-0.05, 0) is 37.5 Å². The number of ether oxygens (including phenoxy) is 1. The lowest BCUT2D eigenvalue weighted by Gasteiger charge is -2.31. The number of benzene rings is 1. The van der Waals surface area contributed by atoms with Crippen LogP contribution in [-0.4, -0.2) is 30.7 Å². The van der Waals surface area contributed by atoms with E-state index in [2.05, 4.69) is 11.0 Å². The van der Waals surface area contributed by atoms with Gasteiger partial charge in [0.05, 0.1) is 17.7 Å². The average Bonchev–Trinajstić information content (AvgIpc) is 2.43. The van der Waals surface area contributed by atoms with E-state index in [9.17, 15) is 0 Å². The number of nitriles is 1. The Morgan fingerprint density at radius 3 is 2.74 bits per heavy atom. The number of likely N-dealkylation sites (tertiary alicyclic amines) is 1. The molecule has 0 unspecified atom stereocenters. The van der Waals surface area contributed by atoms with Crippen LogP contribution in [-0.2, 0) is 11.3 Å². The van der Waals surface area contributed by atoms with Crippen LogP contribution < -0.4 is 0 Å². The predicted molar refractivity (Wildman–Crippen MR) is 76.1 cm³/mol. The lowest BCUT2D eigenvalue weighted by atomic mass is 10.1. The summed E-state index contributed by atoms with van der Waals surface area (Å²) < 4.78 is 5.65. The standard InChI is InChI=1S/C15H19ClN2O/c1-2-19-14-5-7-18(8-6-14)11-13-4-3-12(10-17)9-15(13)16/h3-4,9,14H,2,5-8,11H2,1H3. The van der Waals surface area contributed by atoms with Gasteiger partial charge in [0.15, 0.2) is 0 Å². The first-order valence-electron chi connectivity index (χ1n) is 6.75. The Hall–Kier alpha value is -1.08. The fraction of sp³-hybridized carbons (Fsp3) is 0.533. The van der Waals surface area contributed by atoms with Crippen LogP contribution in [0.15, 0.2) is 18.2 Å². The number of hydrogen-bond acceptors (Lipinski definition) is 3. The van der Waals surface area contributed by atoms with Gasteiger partial charge in [0.2, 0.25) is 0 Å². The minimum atomic E-state index is 0.415. The summed E-state index contributed by atoms with van der Waals surface area (Å²) in [6.07, 6.45) is 2.58. The molecule has 1 aromatic rings. The lowest BCUT2D eigenvalue weighted by Crippen LogP contribution is -2.36. The maximum Gasteiger partial charge on any atom is 0.0992 e. The number of nitrogens with zero attached hydrogens (tertiary/aromatic N) is 2. The maximum atomic E-state index is 8.82. The van der Waals surface area contributed by atoms with Gasteiger partial charge < -0.3 is 4.74 Å². The molecule has 0 radical (unpaired) electrons. The Morgan fingerprint density at radius 1 is 1.42 bits per heavy atom. The molecule has 0 N–H and O–H groups in total. The van der Waals surface area contributed by atoms with Crippen molar-refractivity contribution in [3.8, 4) is 6.07 Å². The summed E-state index contributed by atoms with van der Waals surface area (Å²) in [5, 5.41) is 9.51. The van der Waals surface area contributed by atoms with Crippen molar-refractivity contribution in [2.45, 2.75) is 32.4 Å².